The van der Waals surface area contributed by atoms with Crippen LogP contribution in [0.1, 0.15) is 46.0 Å². The lowest BCUT2D eigenvalue weighted by Gasteiger charge is -2.26. The van der Waals surface area contributed by atoms with E-state index in [-0.39, 0.29) is 12.0 Å². The van der Waals surface area contributed by atoms with Gasteiger partial charge in [0.25, 0.3) is 0 Å². The summed E-state index contributed by atoms with van der Waals surface area (Å²) in [5.41, 5.74) is 0. The second-order valence-electron chi connectivity index (χ2n) is 4.47. The fourth-order valence-electron chi connectivity index (χ4n) is 1.75. The van der Waals surface area contributed by atoms with Crippen molar-refractivity contribution >= 4 is 5.97 Å². The number of esters is 1. The highest BCUT2D eigenvalue weighted by molar-refractivity contribution is 5.75. The summed E-state index contributed by atoms with van der Waals surface area (Å²) in [6.45, 7) is 5.84. The molecule has 0 aliphatic heterocycles. The topological polar surface area (TPSA) is 47.6 Å². The molecule has 0 aromatic carbocycles. The van der Waals surface area contributed by atoms with Crippen LogP contribution in [0.25, 0.3) is 0 Å². The highest BCUT2D eigenvalue weighted by atomic mass is 16.5. The predicted molar refractivity (Wildman–Crippen MR) is 66.9 cm³/mol. The first kappa shape index (κ1) is 14.5. The van der Waals surface area contributed by atoms with E-state index in [1.807, 2.05) is 6.92 Å². The van der Waals surface area contributed by atoms with Crippen molar-refractivity contribution in [1.82, 2.24) is 5.32 Å². The van der Waals surface area contributed by atoms with E-state index >= 15 is 0 Å². The Kier molecular flexibility index (Phi) is 7.21. The summed E-state index contributed by atoms with van der Waals surface area (Å²) < 4.78 is 10.7. The normalized spacial score (nSPS) is 17.5. The number of rotatable bonds is 9. The Morgan fingerprint density at radius 2 is 2.18 bits per heavy atom. The Morgan fingerprint density at radius 1 is 1.41 bits per heavy atom. The van der Waals surface area contributed by atoms with Crippen LogP contribution >= 0.6 is 0 Å². The van der Waals surface area contributed by atoms with Crippen LogP contribution in [-0.2, 0) is 14.3 Å². The van der Waals surface area contributed by atoms with Gasteiger partial charge in [-0.05, 0) is 45.6 Å². The number of nitrogens with one attached hydrogen (secondary N) is 1. The molecule has 0 aromatic rings. The van der Waals surface area contributed by atoms with E-state index in [4.69, 9.17) is 9.47 Å². The lowest BCUT2D eigenvalue weighted by atomic mass is 9.96. The van der Waals surface area contributed by atoms with Crippen LogP contribution < -0.4 is 5.32 Å². The average molecular weight is 243 g/mol. The zero-order valence-electron chi connectivity index (χ0n) is 11.0. The third kappa shape index (κ3) is 5.50. The number of ether oxygens (including phenoxy) is 2. The zero-order chi connectivity index (χ0) is 12.5. The molecule has 17 heavy (non-hydrogen) atoms. The average Bonchev–Trinajstić information content (AvgIpc) is 2.26. The van der Waals surface area contributed by atoms with Crippen molar-refractivity contribution in [3.8, 4) is 0 Å². The molecule has 0 amide bonds. The molecule has 0 bridgehead atoms. The molecule has 4 nitrogen and oxygen atoms in total. The first-order valence-electron chi connectivity index (χ1n) is 6.79. The molecule has 0 spiro atoms. The minimum absolute atomic E-state index is 0.154. The van der Waals surface area contributed by atoms with Crippen LogP contribution in [0.2, 0.25) is 0 Å². The lowest BCUT2D eigenvalue weighted by molar-refractivity contribution is -0.146. The fraction of sp³-hybridized carbons (Fsp3) is 0.923. The van der Waals surface area contributed by atoms with Crippen LogP contribution in [0.15, 0.2) is 0 Å². The van der Waals surface area contributed by atoms with Gasteiger partial charge < -0.3 is 14.8 Å². The minimum Gasteiger partial charge on any atom is -0.465 e. The maximum atomic E-state index is 11.7. The highest BCUT2D eigenvalue weighted by Crippen LogP contribution is 2.21. The molecule has 1 aliphatic carbocycles. The van der Waals surface area contributed by atoms with Crippen molar-refractivity contribution in [3.63, 3.8) is 0 Å². The standard InChI is InChI=1S/C13H25NO3/c1-3-9-14-12(13(15)16-4-2)8-10-17-11-6-5-7-11/h11-12,14H,3-10H2,1-2H3. The van der Waals surface area contributed by atoms with Gasteiger partial charge in [0.1, 0.15) is 6.04 Å². The van der Waals surface area contributed by atoms with Crippen LogP contribution in [0, 0.1) is 0 Å². The maximum Gasteiger partial charge on any atom is 0.323 e. The lowest BCUT2D eigenvalue weighted by Crippen LogP contribution is -2.40. The van der Waals surface area contributed by atoms with Gasteiger partial charge in [0.05, 0.1) is 12.7 Å². The summed E-state index contributed by atoms with van der Waals surface area (Å²) in [4.78, 5) is 11.7. The molecule has 1 saturated carbocycles. The summed E-state index contributed by atoms with van der Waals surface area (Å²) in [5, 5.41) is 3.21. The van der Waals surface area contributed by atoms with Crippen LogP contribution in [0.4, 0.5) is 0 Å². The smallest absolute Gasteiger partial charge is 0.323 e. The predicted octanol–water partition coefficient (Wildman–Crippen LogP) is 1.88. The van der Waals surface area contributed by atoms with E-state index in [9.17, 15) is 4.79 Å². The maximum absolute atomic E-state index is 11.7. The fourth-order valence-corrected chi connectivity index (χ4v) is 1.75. The van der Waals surface area contributed by atoms with Gasteiger partial charge in [0.15, 0.2) is 0 Å². The molecular weight excluding hydrogens is 218 g/mol. The summed E-state index contributed by atoms with van der Waals surface area (Å²) >= 11 is 0. The minimum atomic E-state index is -0.213. The molecule has 1 fully saturated rings. The summed E-state index contributed by atoms with van der Waals surface area (Å²) in [7, 11) is 0. The zero-order valence-corrected chi connectivity index (χ0v) is 11.0. The van der Waals surface area contributed by atoms with E-state index in [0.29, 0.717) is 25.7 Å². The molecule has 1 atom stereocenters. The monoisotopic (exact) mass is 243 g/mol. The first-order valence-corrected chi connectivity index (χ1v) is 6.79. The molecule has 1 N–H and O–H groups in total. The van der Waals surface area contributed by atoms with Crippen molar-refractivity contribution in [1.29, 1.82) is 0 Å². The van der Waals surface area contributed by atoms with Crippen molar-refractivity contribution in [2.45, 2.75) is 58.1 Å². The largest absolute Gasteiger partial charge is 0.465 e. The summed E-state index contributed by atoms with van der Waals surface area (Å²) in [6.07, 6.45) is 5.78. The quantitative estimate of drug-likeness (QED) is 0.628. The number of hydrogen-bond acceptors (Lipinski definition) is 4. The Labute approximate surface area is 104 Å². The SMILES string of the molecule is CCCNC(CCOC1CCC1)C(=O)OCC. The van der Waals surface area contributed by atoms with Gasteiger partial charge >= 0.3 is 5.97 Å². The summed E-state index contributed by atoms with van der Waals surface area (Å²) in [6, 6.07) is -0.213. The van der Waals surface area contributed by atoms with Crippen LogP contribution in [0.3, 0.4) is 0 Å². The Hall–Kier alpha value is -0.610. The molecule has 0 radical (unpaired) electrons. The highest BCUT2D eigenvalue weighted by Gasteiger charge is 2.21. The van der Waals surface area contributed by atoms with Crippen LogP contribution in [-0.4, -0.2) is 37.9 Å². The molecular formula is C13H25NO3. The number of hydrogen-bond donors (Lipinski definition) is 1. The van der Waals surface area contributed by atoms with E-state index in [1.54, 1.807) is 0 Å². The van der Waals surface area contributed by atoms with Gasteiger partial charge in [0.2, 0.25) is 0 Å². The Morgan fingerprint density at radius 3 is 2.71 bits per heavy atom. The van der Waals surface area contributed by atoms with Gasteiger partial charge in [-0.25, -0.2) is 0 Å². The van der Waals surface area contributed by atoms with Crippen molar-refractivity contribution in [3.05, 3.63) is 0 Å². The van der Waals surface area contributed by atoms with Gasteiger partial charge in [-0.15, -0.1) is 0 Å². The van der Waals surface area contributed by atoms with Crippen molar-refractivity contribution < 1.29 is 14.3 Å². The van der Waals surface area contributed by atoms with Gasteiger partial charge in [-0.3, -0.25) is 4.79 Å². The molecule has 1 rings (SSSR count). The Bertz CT molecular complexity index is 217. The van der Waals surface area contributed by atoms with E-state index in [1.165, 1.54) is 19.3 Å². The number of carbonyl (C=O) groups excluding carboxylic acids is 1. The molecule has 1 aliphatic rings. The Balaban J connectivity index is 2.20. The van der Waals surface area contributed by atoms with E-state index in [2.05, 4.69) is 12.2 Å². The second kappa shape index (κ2) is 8.48. The first-order chi connectivity index (χ1) is 8.27. The molecule has 100 valence electrons. The van der Waals surface area contributed by atoms with Gasteiger partial charge in [-0.1, -0.05) is 6.92 Å². The van der Waals surface area contributed by atoms with E-state index < -0.39 is 0 Å². The molecule has 0 heterocycles. The molecule has 0 saturated heterocycles. The summed E-state index contributed by atoms with van der Waals surface area (Å²) in [5.74, 6) is -0.154. The third-order valence-corrected chi connectivity index (χ3v) is 3.02. The van der Waals surface area contributed by atoms with Gasteiger partial charge in [-0.2, -0.15) is 0 Å². The van der Waals surface area contributed by atoms with Crippen LogP contribution in [0.5, 0.6) is 0 Å². The molecule has 4 heteroatoms. The van der Waals surface area contributed by atoms with E-state index in [0.717, 1.165) is 13.0 Å². The van der Waals surface area contributed by atoms with Crippen molar-refractivity contribution in [2.75, 3.05) is 19.8 Å². The second-order valence-corrected chi connectivity index (χ2v) is 4.47. The van der Waals surface area contributed by atoms with Crippen molar-refractivity contribution in [2.24, 2.45) is 0 Å². The van der Waals surface area contributed by atoms with Gasteiger partial charge in [0, 0.05) is 6.61 Å². The third-order valence-electron chi connectivity index (χ3n) is 3.02. The molecule has 1 unspecified atom stereocenters. The molecule has 0 aromatic heterocycles. The number of carbonyl (C=O) groups is 1.